The highest BCUT2D eigenvalue weighted by atomic mass is 35.5. The maximum atomic E-state index is 12.4. The second kappa shape index (κ2) is 7.52. The summed E-state index contributed by atoms with van der Waals surface area (Å²) in [5.41, 5.74) is 0.545. The standard InChI is InChI=1S/C17H12Cl3N3O3S/c1-23-9-15(21-16(23)11-4-2-3-5-12(11)18)17(24)22-27(25,26)10-6-7-13(19)14(20)8-10/h2-9H,1H3,(H,22,24). The fraction of sp³-hybridized carbons (Fsp3) is 0.0588. The minimum absolute atomic E-state index is 0.0610. The molecule has 0 bridgehead atoms. The predicted molar refractivity (Wildman–Crippen MR) is 105 cm³/mol. The van der Waals surface area contributed by atoms with Crippen molar-refractivity contribution < 1.29 is 13.2 Å². The van der Waals surface area contributed by atoms with Crippen LogP contribution < -0.4 is 4.72 Å². The molecule has 0 spiro atoms. The predicted octanol–water partition coefficient (Wildman–Crippen LogP) is 4.17. The lowest BCUT2D eigenvalue weighted by Crippen LogP contribution is -2.30. The molecule has 1 heterocycles. The molecule has 0 atom stereocenters. The van der Waals surface area contributed by atoms with Crippen LogP contribution >= 0.6 is 34.8 Å². The number of halogens is 3. The molecule has 3 aromatic rings. The van der Waals surface area contributed by atoms with Gasteiger partial charge in [0.15, 0.2) is 0 Å². The third kappa shape index (κ3) is 4.11. The van der Waals surface area contributed by atoms with Crippen LogP contribution in [0.15, 0.2) is 53.6 Å². The van der Waals surface area contributed by atoms with Gasteiger partial charge in [-0.1, -0.05) is 46.9 Å². The Kier molecular flexibility index (Phi) is 5.48. The number of aromatic nitrogens is 2. The summed E-state index contributed by atoms with van der Waals surface area (Å²) in [6, 6.07) is 10.7. The van der Waals surface area contributed by atoms with Crippen LogP contribution in [-0.4, -0.2) is 23.9 Å². The second-order valence-electron chi connectivity index (χ2n) is 5.55. The van der Waals surface area contributed by atoms with E-state index in [2.05, 4.69) is 4.98 Å². The highest BCUT2D eigenvalue weighted by Crippen LogP contribution is 2.27. The lowest BCUT2D eigenvalue weighted by Gasteiger charge is -2.06. The molecule has 10 heteroatoms. The topological polar surface area (TPSA) is 81.1 Å². The van der Waals surface area contributed by atoms with Crippen molar-refractivity contribution in [3.05, 3.63) is 69.4 Å². The summed E-state index contributed by atoms with van der Waals surface area (Å²) in [5, 5.41) is 0.725. The van der Waals surface area contributed by atoms with E-state index >= 15 is 0 Å². The molecule has 0 radical (unpaired) electrons. The van der Waals surface area contributed by atoms with E-state index in [0.29, 0.717) is 16.4 Å². The average Bonchev–Trinajstić information content (AvgIpc) is 2.99. The van der Waals surface area contributed by atoms with Crippen molar-refractivity contribution in [3.8, 4) is 11.4 Å². The van der Waals surface area contributed by atoms with Gasteiger partial charge < -0.3 is 4.57 Å². The van der Waals surface area contributed by atoms with Gasteiger partial charge in [-0.15, -0.1) is 0 Å². The second-order valence-corrected chi connectivity index (χ2v) is 8.46. The van der Waals surface area contributed by atoms with Crippen LogP contribution in [0.25, 0.3) is 11.4 Å². The molecule has 27 heavy (non-hydrogen) atoms. The smallest absolute Gasteiger partial charge is 0.285 e. The Hall–Kier alpha value is -2.06. The summed E-state index contributed by atoms with van der Waals surface area (Å²) in [5.74, 6) is -0.451. The third-order valence-electron chi connectivity index (χ3n) is 3.65. The highest BCUT2D eigenvalue weighted by molar-refractivity contribution is 7.90. The third-order valence-corrected chi connectivity index (χ3v) is 6.05. The first-order valence-corrected chi connectivity index (χ1v) is 10.1. The minimum Gasteiger partial charge on any atom is -0.333 e. The molecular weight excluding hydrogens is 433 g/mol. The molecule has 1 amide bonds. The van der Waals surface area contributed by atoms with Crippen molar-refractivity contribution in [2.24, 2.45) is 7.05 Å². The number of hydrogen-bond acceptors (Lipinski definition) is 4. The molecule has 0 saturated heterocycles. The number of sulfonamides is 1. The van der Waals surface area contributed by atoms with Crippen molar-refractivity contribution in [1.82, 2.24) is 14.3 Å². The molecule has 0 aliphatic carbocycles. The van der Waals surface area contributed by atoms with Gasteiger partial charge in [-0.3, -0.25) is 4.79 Å². The van der Waals surface area contributed by atoms with Gasteiger partial charge in [0, 0.05) is 18.8 Å². The van der Waals surface area contributed by atoms with Crippen molar-refractivity contribution in [2.75, 3.05) is 0 Å². The van der Waals surface area contributed by atoms with E-state index in [4.69, 9.17) is 34.8 Å². The Morgan fingerprint density at radius 1 is 1.04 bits per heavy atom. The number of nitrogens with zero attached hydrogens (tertiary/aromatic N) is 2. The number of carbonyl (C=O) groups is 1. The Morgan fingerprint density at radius 3 is 2.41 bits per heavy atom. The summed E-state index contributed by atoms with van der Waals surface area (Å²) in [6.45, 7) is 0. The van der Waals surface area contributed by atoms with E-state index < -0.39 is 15.9 Å². The van der Waals surface area contributed by atoms with Crippen LogP contribution in [0.2, 0.25) is 15.1 Å². The molecule has 0 unspecified atom stereocenters. The van der Waals surface area contributed by atoms with E-state index in [-0.39, 0.29) is 20.6 Å². The molecular formula is C17H12Cl3N3O3S. The van der Waals surface area contributed by atoms with Crippen LogP contribution in [0.5, 0.6) is 0 Å². The van der Waals surface area contributed by atoms with Crippen LogP contribution in [0.3, 0.4) is 0 Å². The maximum absolute atomic E-state index is 12.4. The van der Waals surface area contributed by atoms with Crippen molar-refractivity contribution in [2.45, 2.75) is 4.90 Å². The van der Waals surface area contributed by atoms with Gasteiger partial charge in [-0.2, -0.15) is 0 Å². The zero-order chi connectivity index (χ0) is 19.8. The molecule has 1 N–H and O–H groups in total. The molecule has 1 aromatic heterocycles. The molecule has 140 valence electrons. The summed E-state index contributed by atoms with van der Waals surface area (Å²) in [6.07, 6.45) is 1.42. The molecule has 0 aliphatic heterocycles. The number of carbonyl (C=O) groups excluding carboxylic acids is 1. The quantitative estimate of drug-likeness (QED) is 0.655. The zero-order valence-electron chi connectivity index (χ0n) is 13.8. The highest BCUT2D eigenvalue weighted by Gasteiger charge is 2.22. The van der Waals surface area contributed by atoms with E-state index in [1.807, 2.05) is 4.72 Å². The normalized spacial score (nSPS) is 11.4. The van der Waals surface area contributed by atoms with Crippen molar-refractivity contribution in [1.29, 1.82) is 0 Å². The number of nitrogens with one attached hydrogen (secondary N) is 1. The fourth-order valence-electron chi connectivity index (χ4n) is 2.35. The first-order chi connectivity index (χ1) is 12.7. The monoisotopic (exact) mass is 443 g/mol. The molecule has 0 saturated carbocycles. The number of rotatable bonds is 4. The van der Waals surface area contributed by atoms with Crippen LogP contribution in [0.4, 0.5) is 0 Å². The molecule has 2 aromatic carbocycles. The van der Waals surface area contributed by atoms with E-state index in [0.717, 1.165) is 6.07 Å². The van der Waals surface area contributed by atoms with Gasteiger partial charge in [0.2, 0.25) is 0 Å². The zero-order valence-corrected chi connectivity index (χ0v) is 16.9. The molecule has 3 rings (SSSR count). The maximum Gasteiger partial charge on any atom is 0.285 e. The minimum atomic E-state index is -4.14. The largest absolute Gasteiger partial charge is 0.333 e. The van der Waals surface area contributed by atoms with E-state index in [1.54, 1.807) is 35.9 Å². The Morgan fingerprint density at radius 2 is 1.74 bits per heavy atom. The number of aryl methyl sites for hydroxylation is 1. The van der Waals surface area contributed by atoms with Gasteiger partial charge >= 0.3 is 0 Å². The number of imidazole rings is 1. The molecule has 6 nitrogen and oxygen atoms in total. The van der Waals surface area contributed by atoms with Crippen molar-refractivity contribution in [3.63, 3.8) is 0 Å². The number of hydrogen-bond donors (Lipinski definition) is 1. The van der Waals surface area contributed by atoms with E-state index in [1.165, 1.54) is 18.3 Å². The SMILES string of the molecule is Cn1cc(C(=O)NS(=O)(=O)c2ccc(Cl)c(Cl)c2)nc1-c1ccccc1Cl. The first kappa shape index (κ1) is 19.7. The Balaban J connectivity index is 1.90. The first-order valence-electron chi connectivity index (χ1n) is 7.49. The number of benzene rings is 2. The number of amides is 1. The Labute approximate surface area is 170 Å². The molecule has 0 aliphatic rings. The van der Waals surface area contributed by atoms with Gasteiger partial charge in [0.1, 0.15) is 11.5 Å². The lowest BCUT2D eigenvalue weighted by atomic mass is 10.2. The summed E-state index contributed by atoms with van der Waals surface area (Å²) in [4.78, 5) is 16.4. The average molecular weight is 445 g/mol. The van der Waals surface area contributed by atoms with Crippen LogP contribution in [0, 0.1) is 0 Å². The fourth-order valence-corrected chi connectivity index (χ4v) is 3.92. The summed E-state index contributed by atoms with van der Waals surface area (Å²) >= 11 is 17.8. The van der Waals surface area contributed by atoms with Gasteiger partial charge in [0.05, 0.1) is 20.0 Å². The Bertz CT molecular complexity index is 1140. The van der Waals surface area contributed by atoms with Crippen LogP contribution in [0.1, 0.15) is 10.5 Å². The van der Waals surface area contributed by atoms with Crippen molar-refractivity contribution >= 4 is 50.7 Å². The van der Waals surface area contributed by atoms with Gasteiger partial charge in [0.25, 0.3) is 15.9 Å². The summed E-state index contributed by atoms with van der Waals surface area (Å²) < 4.78 is 28.4. The summed E-state index contributed by atoms with van der Waals surface area (Å²) in [7, 11) is -2.46. The van der Waals surface area contributed by atoms with Gasteiger partial charge in [-0.05, 0) is 30.3 Å². The van der Waals surface area contributed by atoms with Crippen LogP contribution in [-0.2, 0) is 17.1 Å². The molecule has 0 fully saturated rings. The lowest BCUT2D eigenvalue weighted by molar-refractivity contribution is 0.0977. The van der Waals surface area contributed by atoms with E-state index in [9.17, 15) is 13.2 Å². The van der Waals surface area contributed by atoms with Gasteiger partial charge in [-0.25, -0.2) is 18.1 Å².